The van der Waals surface area contributed by atoms with Crippen molar-refractivity contribution in [3.63, 3.8) is 0 Å². The van der Waals surface area contributed by atoms with Crippen molar-refractivity contribution in [2.45, 2.75) is 117 Å². The van der Waals surface area contributed by atoms with E-state index in [-0.39, 0.29) is 16.2 Å². The van der Waals surface area contributed by atoms with Crippen molar-refractivity contribution in [1.29, 1.82) is 0 Å². The second-order valence-corrected chi connectivity index (χ2v) is 16.4. The summed E-state index contributed by atoms with van der Waals surface area (Å²) < 4.78 is 8.00. The lowest BCUT2D eigenvalue weighted by Gasteiger charge is -2.26. The van der Waals surface area contributed by atoms with E-state index in [1.54, 1.807) is 0 Å². The Kier molecular flexibility index (Phi) is 8.92. The molecule has 0 spiro atoms. The SMILES string of the molecule is CCCC[N+]1=C(/C=C/C=C/C=C2/N(CCC)c3cc(C(=O)O)c4c(c3C2(C)C)N=CC4(C)C)C(C)(C)c2c1cc(OC=O)c1c2N=C(C)C1(C)C. The number of carboxylic acids is 1. The first-order valence-corrected chi connectivity index (χ1v) is 18.3. The number of rotatable bonds is 11. The first-order valence-electron chi connectivity index (χ1n) is 18.3. The molecule has 268 valence electrons. The number of unbranched alkanes of at least 4 members (excludes halogenated alkanes) is 1. The number of aliphatic imine (C=N–C) groups is 2. The number of aromatic carboxylic acids is 1. The molecule has 1 N–H and O–H groups in total. The Labute approximate surface area is 303 Å². The van der Waals surface area contributed by atoms with Gasteiger partial charge in [-0.15, -0.1) is 0 Å². The maximum absolute atomic E-state index is 12.5. The van der Waals surface area contributed by atoms with Gasteiger partial charge in [0.1, 0.15) is 12.3 Å². The van der Waals surface area contributed by atoms with Gasteiger partial charge < -0.3 is 14.7 Å². The molecule has 51 heavy (non-hydrogen) atoms. The van der Waals surface area contributed by atoms with Crippen LogP contribution in [0.4, 0.5) is 22.7 Å². The number of carbonyl (C=O) groups is 2. The molecule has 6 rings (SSSR count). The van der Waals surface area contributed by atoms with Gasteiger partial charge in [0.05, 0.1) is 34.0 Å². The van der Waals surface area contributed by atoms with Crippen LogP contribution in [0.1, 0.15) is 128 Å². The van der Waals surface area contributed by atoms with Crippen molar-refractivity contribution in [3.8, 4) is 5.75 Å². The van der Waals surface area contributed by atoms with Crippen LogP contribution < -0.4 is 9.64 Å². The quantitative estimate of drug-likeness (QED) is 0.144. The average molecular weight is 690 g/mol. The van der Waals surface area contributed by atoms with Crippen molar-refractivity contribution in [2.75, 3.05) is 18.0 Å². The second-order valence-electron chi connectivity index (χ2n) is 16.4. The van der Waals surface area contributed by atoms with Crippen LogP contribution in [0.15, 0.2) is 58.2 Å². The summed E-state index contributed by atoms with van der Waals surface area (Å²) in [5.74, 6) is -0.347. The molecule has 0 saturated carbocycles. The number of carbonyl (C=O) groups excluding carboxylic acids is 1. The number of hydrogen-bond donors (Lipinski definition) is 1. The van der Waals surface area contributed by atoms with Crippen molar-refractivity contribution >= 4 is 52.8 Å². The minimum atomic E-state index is -0.921. The Morgan fingerprint density at radius 2 is 1.63 bits per heavy atom. The van der Waals surface area contributed by atoms with Crippen LogP contribution in [0.2, 0.25) is 0 Å². The van der Waals surface area contributed by atoms with Gasteiger partial charge in [-0.05, 0) is 39.3 Å². The highest BCUT2D eigenvalue weighted by atomic mass is 16.5. The molecule has 0 radical (unpaired) electrons. The lowest BCUT2D eigenvalue weighted by molar-refractivity contribution is -0.438. The molecule has 4 aliphatic rings. The molecule has 8 nitrogen and oxygen atoms in total. The van der Waals surface area contributed by atoms with E-state index in [0.717, 1.165) is 83.2 Å². The summed E-state index contributed by atoms with van der Waals surface area (Å²) in [6, 6.07) is 3.90. The first-order chi connectivity index (χ1) is 24.0. The van der Waals surface area contributed by atoms with Gasteiger partial charge in [0.15, 0.2) is 5.71 Å². The topological polar surface area (TPSA) is 94.6 Å². The molecule has 4 heterocycles. The van der Waals surface area contributed by atoms with Crippen LogP contribution in [0.5, 0.6) is 5.75 Å². The van der Waals surface area contributed by atoms with Crippen molar-refractivity contribution in [3.05, 3.63) is 76.0 Å². The normalized spacial score (nSPS) is 20.7. The molecule has 4 aliphatic heterocycles. The Balaban J connectivity index is 1.40. The molecule has 8 heteroatoms. The van der Waals surface area contributed by atoms with Crippen molar-refractivity contribution < 1.29 is 24.0 Å². The maximum atomic E-state index is 12.5. The molecule has 0 amide bonds. The molecule has 0 aliphatic carbocycles. The van der Waals surface area contributed by atoms with E-state index < -0.39 is 11.4 Å². The van der Waals surface area contributed by atoms with Gasteiger partial charge in [-0.2, -0.15) is 4.58 Å². The Bertz CT molecular complexity index is 2030. The van der Waals surface area contributed by atoms with Gasteiger partial charge in [-0.1, -0.05) is 80.0 Å². The van der Waals surface area contributed by atoms with Crippen molar-refractivity contribution in [2.24, 2.45) is 9.98 Å². The van der Waals surface area contributed by atoms with Crippen LogP contribution in [0.3, 0.4) is 0 Å². The van der Waals surface area contributed by atoms with E-state index in [0.29, 0.717) is 17.8 Å². The Hall–Kier alpha value is -4.59. The number of nitrogens with zero attached hydrogens (tertiary/aromatic N) is 4. The number of fused-ring (bicyclic) bond motifs is 6. The van der Waals surface area contributed by atoms with E-state index in [4.69, 9.17) is 14.7 Å². The minimum Gasteiger partial charge on any atom is -0.478 e. The number of anilines is 1. The van der Waals surface area contributed by atoms with Gasteiger partial charge in [-0.3, -0.25) is 14.8 Å². The summed E-state index contributed by atoms with van der Waals surface area (Å²) in [6.45, 7) is 25.8. The fraction of sp³-hybridized carbons (Fsp3) is 0.465. The van der Waals surface area contributed by atoms with Crippen LogP contribution in [0, 0.1) is 0 Å². The molecule has 0 atom stereocenters. The average Bonchev–Trinajstić information content (AvgIpc) is 3.64. The van der Waals surface area contributed by atoms with Crippen LogP contribution in [-0.4, -0.2) is 52.9 Å². The monoisotopic (exact) mass is 689 g/mol. The third kappa shape index (κ3) is 5.44. The Morgan fingerprint density at radius 1 is 0.902 bits per heavy atom. The van der Waals surface area contributed by atoms with E-state index in [1.165, 1.54) is 11.3 Å². The zero-order chi connectivity index (χ0) is 37.3. The largest absolute Gasteiger partial charge is 0.478 e. The number of allylic oxidation sites excluding steroid dienone is 6. The molecule has 0 bridgehead atoms. The van der Waals surface area contributed by atoms with E-state index >= 15 is 0 Å². The van der Waals surface area contributed by atoms with Gasteiger partial charge >= 0.3 is 5.97 Å². The zero-order valence-electron chi connectivity index (χ0n) is 32.2. The van der Waals surface area contributed by atoms with Crippen LogP contribution in [0.25, 0.3) is 0 Å². The van der Waals surface area contributed by atoms with E-state index in [9.17, 15) is 14.7 Å². The standard InChI is InChI=1S/C43H52N4O4/c1-12-14-21-47-29-23-30(51-25-48)36-38(45-26(3)41(36,6)7)35(29)43(10,11)32(47)19-17-15-16-18-31-42(8,9)34-28(46(31)20-13-2)22-27(39(49)50)33-37(34)44-24-40(33,4)5/h15-19,22-25H,12-14,20-21H2,1-11H3/p+1. The maximum Gasteiger partial charge on any atom is 0.336 e. The lowest BCUT2D eigenvalue weighted by Crippen LogP contribution is -2.28. The fourth-order valence-electron chi connectivity index (χ4n) is 8.70. The van der Waals surface area contributed by atoms with Gasteiger partial charge in [0.25, 0.3) is 6.47 Å². The number of hydrogen-bond acceptors (Lipinski definition) is 6. The van der Waals surface area contributed by atoms with Crippen LogP contribution in [-0.2, 0) is 26.5 Å². The minimum absolute atomic E-state index is 0.326. The first kappa shape index (κ1) is 36.2. The van der Waals surface area contributed by atoms with Gasteiger partial charge in [0.2, 0.25) is 5.69 Å². The molecule has 0 saturated heterocycles. The third-order valence-electron chi connectivity index (χ3n) is 11.5. The Morgan fingerprint density at radius 3 is 2.27 bits per heavy atom. The zero-order valence-corrected chi connectivity index (χ0v) is 32.2. The number of ether oxygens (including phenoxy) is 1. The highest BCUT2D eigenvalue weighted by Gasteiger charge is 2.51. The number of carboxylic acid groups (broad SMARTS) is 1. The van der Waals surface area contributed by atoms with E-state index in [2.05, 4.69) is 102 Å². The lowest BCUT2D eigenvalue weighted by atomic mass is 9.76. The van der Waals surface area contributed by atoms with E-state index in [1.807, 2.05) is 32.2 Å². The molecular weight excluding hydrogens is 636 g/mol. The third-order valence-corrected chi connectivity index (χ3v) is 11.5. The fourth-order valence-corrected chi connectivity index (χ4v) is 8.70. The summed E-state index contributed by atoms with van der Waals surface area (Å²) in [4.78, 5) is 36.4. The second kappa shape index (κ2) is 12.6. The van der Waals surface area contributed by atoms with Gasteiger partial charge in [-0.25, -0.2) is 4.79 Å². The predicted molar refractivity (Wildman–Crippen MR) is 208 cm³/mol. The highest BCUT2D eigenvalue weighted by Crippen LogP contribution is 2.58. The summed E-state index contributed by atoms with van der Waals surface area (Å²) in [7, 11) is 0. The highest BCUT2D eigenvalue weighted by molar-refractivity contribution is 6.08. The molecule has 2 aromatic carbocycles. The number of benzene rings is 2. The summed E-state index contributed by atoms with van der Waals surface area (Å²) in [5, 5.41) is 10.3. The summed E-state index contributed by atoms with van der Waals surface area (Å²) in [5.41, 5.74) is 9.82. The smallest absolute Gasteiger partial charge is 0.336 e. The molecule has 0 aromatic heterocycles. The van der Waals surface area contributed by atoms with Crippen LogP contribution >= 0.6 is 0 Å². The summed E-state index contributed by atoms with van der Waals surface area (Å²) >= 11 is 0. The summed E-state index contributed by atoms with van der Waals surface area (Å²) in [6.07, 6.45) is 15.5. The molecule has 2 aromatic rings. The molecular formula is C43H53N4O4+. The molecule has 0 fully saturated rings. The van der Waals surface area contributed by atoms with Crippen molar-refractivity contribution in [1.82, 2.24) is 0 Å². The predicted octanol–water partition coefficient (Wildman–Crippen LogP) is 9.68. The van der Waals surface area contributed by atoms with Gasteiger partial charge in [0, 0.05) is 75.3 Å². The molecule has 0 unspecified atom stereocenters.